The van der Waals surface area contributed by atoms with E-state index in [4.69, 9.17) is 5.73 Å². The highest BCUT2D eigenvalue weighted by Crippen LogP contribution is 2.22. The third kappa shape index (κ3) is 1.67. The molecule has 0 bridgehead atoms. The second-order valence-corrected chi connectivity index (χ2v) is 4.27. The van der Waals surface area contributed by atoms with Gasteiger partial charge in [-0.1, -0.05) is 18.2 Å². The summed E-state index contributed by atoms with van der Waals surface area (Å²) in [6.07, 6.45) is 1.77. The van der Waals surface area contributed by atoms with E-state index in [0.29, 0.717) is 0 Å². The number of para-hydroxylation sites is 2. The molecule has 18 heavy (non-hydrogen) atoms. The Kier molecular flexibility index (Phi) is 2.57. The Hall–Kier alpha value is -2.20. The number of rotatable bonds is 2. The molecular formula is C14H14N4. The third-order valence-electron chi connectivity index (χ3n) is 2.87. The first kappa shape index (κ1) is 10.9. The quantitative estimate of drug-likeness (QED) is 0.746. The maximum atomic E-state index is 6.00. The maximum absolute atomic E-state index is 6.00. The number of hydrogen-bond acceptors (Lipinski definition) is 3. The number of fused-ring (bicyclic) bond motifs is 1. The molecule has 1 atom stereocenters. The van der Waals surface area contributed by atoms with E-state index in [1.165, 1.54) is 0 Å². The molecule has 90 valence electrons. The van der Waals surface area contributed by atoms with Gasteiger partial charge in [0.15, 0.2) is 0 Å². The summed E-state index contributed by atoms with van der Waals surface area (Å²) in [5, 5.41) is 0. The monoisotopic (exact) mass is 238 g/mol. The highest BCUT2D eigenvalue weighted by molar-refractivity contribution is 5.77. The lowest BCUT2D eigenvalue weighted by Gasteiger charge is -2.10. The van der Waals surface area contributed by atoms with Crippen molar-refractivity contribution < 1.29 is 0 Å². The standard InChI is InChI=1S/C14H14N4/c1-10(15)14-17-11-6-2-3-7-12(11)18(14)13-8-4-5-9-16-13/h2-10H,15H2,1H3/t10-/m1/s1. The minimum absolute atomic E-state index is 0.139. The Morgan fingerprint density at radius 3 is 2.61 bits per heavy atom. The molecule has 4 heteroatoms. The number of nitrogens with two attached hydrogens (primary N) is 1. The molecule has 0 amide bonds. The summed E-state index contributed by atoms with van der Waals surface area (Å²) in [7, 11) is 0. The van der Waals surface area contributed by atoms with Gasteiger partial charge in [0.2, 0.25) is 0 Å². The molecular weight excluding hydrogens is 224 g/mol. The molecule has 0 saturated heterocycles. The van der Waals surface area contributed by atoms with E-state index < -0.39 is 0 Å². The van der Waals surface area contributed by atoms with Crippen molar-refractivity contribution in [3.05, 3.63) is 54.5 Å². The minimum Gasteiger partial charge on any atom is -0.322 e. The van der Waals surface area contributed by atoms with Crippen LogP contribution in [-0.2, 0) is 0 Å². The zero-order valence-electron chi connectivity index (χ0n) is 10.1. The first-order valence-electron chi connectivity index (χ1n) is 5.92. The summed E-state index contributed by atoms with van der Waals surface area (Å²) in [6, 6.07) is 13.7. The molecule has 3 aromatic rings. The molecule has 0 aliphatic carbocycles. The minimum atomic E-state index is -0.139. The molecule has 2 heterocycles. The van der Waals surface area contributed by atoms with Crippen molar-refractivity contribution in [3.8, 4) is 5.82 Å². The van der Waals surface area contributed by atoms with Crippen LogP contribution in [0.4, 0.5) is 0 Å². The molecule has 0 saturated carbocycles. The summed E-state index contributed by atoms with van der Waals surface area (Å²) in [5.41, 5.74) is 7.98. The Balaban J connectivity index is 2.35. The first-order valence-corrected chi connectivity index (χ1v) is 5.92. The van der Waals surface area contributed by atoms with Crippen LogP contribution in [0.5, 0.6) is 0 Å². The Morgan fingerprint density at radius 2 is 1.89 bits per heavy atom. The van der Waals surface area contributed by atoms with E-state index >= 15 is 0 Å². The fraction of sp³-hybridized carbons (Fsp3) is 0.143. The maximum Gasteiger partial charge on any atom is 0.138 e. The van der Waals surface area contributed by atoms with Crippen LogP contribution in [0.3, 0.4) is 0 Å². The molecule has 4 nitrogen and oxygen atoms in total. The zero-order valence-corrected chi connectivity index (χ0v) is 10.1. The SMILES string of the molecule is C[C@@H](N)c1nc2ccccc2n1-c1ccccn1. The molecule has 2 aromatic heterocycles. The van der Waals surface area contributed by atoms with Crippen molar-refractivity contribution in [1.29, 1.82) is 0 Å². The van der Waals surface area contributed by atoms with Gasteiger partial charge in [0.25, 0.3) is 0 Å². The number of imidazole rings is 1. The number of hydrogen-bond donors (Lipinski definition) is 1. The van der Waals surface area contributed by atoms with Crippen LogP contribution in [0.15, 0.2) is 48.7 Å². The number of nitrogens with zero attached hydrogens (tertiary/aromatic N) is 3. The first-order chi connectivity index (χ1) is 8.77. The van der Waals surface area contributed by atoms with Gasteiger partial charge in [-0.15, -0.1) is 0 Å². The average molecular weight is 238 g/mol. The van der Waals surface area contributed by atoms with Gasteiger partial charge in [-0.3, -0.25) is 4.57 Å². The van der Waals surface area contributed by atoms with Crippen LogP contribution in [0.1, 0.15) is 18.8 Å². The molecule has 0 radical (unpaired) electrons. The normalized spacial score (nSPS) is 12.8. The van der Waals surface area contributed by atoms with E-state index in [1.54, 1.807) is 6.20 Å². The van der Waals surface area contributed by atoms with Crippen LogP contribution >= 0.6 is 0 Å². The van der Waals surface area contributed by atoms with Crippen LogP contribution < -0.4 is 5.73 Å². The lowest BCUT2D eigenvalue weighted by molar-refractivity contribution is 0.721. The fourth-order valence-corrected chi connectivity index (χ4v) is 2.08. The lowest BCUT2D eigenvalue weighted by Crippen LogP contribution is -2.13. The van der Waals surface area contributed by atoms with Crippen LogP contribution in [0, 0.1) is 0 Å². The molecule has 3 rings (SSSR count). The van der Waals surface area contributed by atoms with E-state index in [1.807, 2.05) is 54.0 Å². The predicted molar refractivity (Wildman–Crippen MR) is 71.5 cm³/mol. The summed E-state index contributed by atoms with van der Waals surface area (Å²) in [6.45, 7) is 1.93. The Bertz CT molecular complexity index is 671. The van der Waals surface area contributed by atoms with Gasteiger partial charge in [-0.05, 0) is 31.2 Å². The second-order valence-electron chi connectivity index (χ2n) is 4.27. The summed E-state index contributed by atoms with van der Waals surface area (Å²) < 4.78 is 2.01. The van der Waals surface area contributed by atoms with Crippen molar-refractivity contribution in [2.24, 2.45) is 5.73 Å². The van der Waals surface area contributed by atoms with E-state index in [-0.39, 0.29) is 6.04 Å². The van der Waals surface area contributed by atoms with Gasteiger partial charge in [0, 0.05) is 6.20 Å². The molecule has 0 spiro atoms. The zero-order chi connectivity index (χ0) is 12.5. The van der Waals surface area contributed by atoms with Crippen LogP contribution in [0.2, 0.25) is 0 Å². The van der Waals surface area contributed by atoms with Crippen LogP contribution in [0.25, 0.3) is 16.9 Å². The predicted octanol–water partition coefficient (Wildman–Crippen LogP) is 2.44. The van der Waals surface area contributed by atoms with Crippen LogP contribution in [-0.4, -0.2) is 14.5 Å². The van der Waals surface area contributed by atoms with Gasteiger partial charge in [-0.2, -0.15) is 0 Å². The van der Waals surface area contributed by atoms with Crippen molar-refractivity contribution >= 4 is 11.0 Å². The van der Waals surface area contributed by atoms with Gasteiger partial charge >= 0.3 is 0 Å². The largest absolute Gasteiger partial charge is 0.322 e. The topological polar surface area (TPSA) is 56.7 Å². The molecule has 0 unspecified atom stereocenters. The summed E-state index contributed by atoms with van der Waals surface area (Å²) >= 11 is 0. The highest BCUT2D eigenvalue weighted by Gasteiger charge is 2.15. The summed E-state index contributed by atoms with van der Waals surface area (Å²) in [4.78, 5) is 8.97. The van der Waals surface area contributed by atoms with Gasteiger partial charge in [-0.25, -0.2) is 9.97 Å². The Morgan fingerprint density at radius 1 is 1.11 bits per heavy atom. The second kappa shape index (κ2) is 4.23. The van der Waals surface area contributed by atoms with Gasteiger partial charge in [0.05, 0.1) is 17.1 Å². The average Bonchev–Trinajstić information content (AvgIpc) is 2.79. The molecule has 1 aromatic carbocycles. The molecule has 0 fully saturated rings. The number of aromatic nitrogens is 3. The Labute approximate surface area is 105 Å². The molecule has 0 aliphatic rings. The van der Waals surface area contributed by atoms with Crippen molar-refractivity contribution in [2.75, 3.05) is 0 Å². The smallest absolute Gasteiger partial charge is 0.138 e. The van der Waals surface area contributed by atoms with E-state index in [2.05, 4.69) is 9.97 Å². The fourth-order valence-electron chi connectivity index (χ4n) is 2.08. The summed E-state index contributed by atoms with van der Waals surface area (Å²) in [5.74, 6) is 1.67. The number of benzene rings is 1. The van der Waals surface area contributed by atoms with Crippen molar-refractivity contribution in [3.63, 3.8) is 0 Å². The van der Waals surface area contributed by atoms with Gasteiger partial charge in [0.1, 0.15) is 11.6 Å². The van der Waals surface area contributed by atoms with E-state index in [9.17, 15) is 0 Å². The van der Waals surface area contributed by atoms with E-state index in [0.717, 1.165) is 22.7 Å². The van der Waals surface area contributed by atoms with Gasteiger partial charge < -0.3 is 5.73 Å². The molecule has 2 N–H and O–H groups in total. The lowest BCUT2D eigenvalue weighted by atomic mass is 10.3. The molecule has 0 aliphatic heterocycles. The van der Waals surface area contributed by atoms with Crippen molar-refractivity contribution in [1.82, 2.24) is 14.5 Å². The third-order valence-corrected chi connectivity index (χ3v) is 2.87. The number of pyridine rings is 1. The van der Waals surface area contributed by atoms with Crippen molar-refractivity contribution in [2.45, 2.75) is 13.0 Å². The highest BCUT2D eigenvalue weighted by atomic mass is 15.1.